The lowest BCUT2D eigenvalue weighted by Crippen LogP contribution is -2.48. The molecule has 326 valence electrons. The highest BCUT2D eigenvalue weighted by atomic mass is 16.2. The predicted octanol–water partition coefficient (Wildman–Crippen LogP) is 4.66. The normalized spacial score (nSPS) is 17.1. The minimum Gasteiger partial charge on any atom is -0.370 e. The number of pyridine rings is 1. The molecule has 3 aromatic rings. The number of amides is 4. The average Bonchev–Trinajstić information content (AvgIpc) is 3.87. The van der Waals surface area contributed by atoms with Gasteiger partial charge in [-0.1, -0.05) is 13.0 Å². The van der Waals surface area contributed by atoms with Gasteiger partial charge in [-0.25, -0.2) is 9.67 Å². The van der Waals surface area contributed by atoms with Crippen LogP contribution in [0.1, 0.15) is 105 Å². The zero-order valence-electron chi connectivity index (χ0n) is 36.3. The van der Waals surface area contributed by atoms with E-state index in [0.717, 1.165) is 101 Å². The van der Waals surface area contributed by atoms with Crippen molar-refractivity contribution in [2.45, 2.75) is 104 Å². The first-order valence-corrected chi connectivity index (χ1v) is 22.6. The van der Waals surface area contributed by atoms with E-state index in [4.69, 9.17) is 10.1 Å². The summed E-state index contributed by atoms with van der Waals surface area (Å²) < 4.78 is 2.07. The third-order valence-electron chi connectivity index (χ3n) is 12.4. The third kappa shape index (κ3) is 13.0. The first kappa shape index (κ1) is 44.6. The lowest BCUT2D eigenvalue weighted by molar-refractivity contribution is -0.131. The molecule has 0 saturated carbocycles. The van der Waals surface area contributed by atoms with Crippen LogP contribution in [0.15, 0.2) is 36.4 Å². The molecule has 14 heteroatoms. The van der Waals surface area contributed by atoms with Crippen LogP contribution in [0.3, 0.4) is 0 Å². The lowest BCUT2D eigenvalue weighted by Gasteiger charge is -2.37. The Morgan fingerprint density at radius 1 is 0.917 bits per heavy atom. The summed E-state index contributed by atoms with van der Waals surface area (Å²) in [7, 11) is 0. The highest BCUT2D eigenvalue weighted by Crippen LogP contribution is 2.32. The molecule has 3 aliphatic heterocycles. The Bertz CT molecular complexity index is 1890. The number of benzene rings is 1. The monoisotopic (exact) mass is 825 g/mol. The van der Waals surface area contributed by atoms with Gasteiger partial charge in [0.25, 0.3) is 0 Å². The minimum absolute atomic E-state index is 0.0189. The molecule has 4 amide bonds. The summed E-state index contributed by atoms with van der Waals surface area (Å²) in [6, 6.07) is 13.6. The summed E-state index contributed by atoms with van der Waals surface area (Å²) in [6.07, 6.45) is 11.0. The van der Waals surface area contributed by atoms with Crippen LogP contribution in [0.2, 0.25) is 0 Å². The number of unbranched alkanes of at least 4 members (excludes halogenated alkanes) is 2. The van der Waals surface area contributed by atoms with E-state index in [0.29, 0.717) is 63.7 Å². The maximum absolute atomic E-state index is 13.2. The molecule has 2 fully saturated rings. The van der Waals surface area contributed by atoms with Crippen LogP contribution in [0.25, 0.3) is 5.69 Å². The van der Waals surface area contributed by atoms with Crippen LogP contribution >= 0.6 is 0 Å². The SMILES string of the molecule is CCC(CN1CCC(CCc2ccc3c(n2)NCCC3)C1)c1cc(N2CCN(C(=O)CCCC(=O)NCCCCCNC(=O)CNC=O)CC2)cc(-n2nc(C)cc2C)c1. The summed E-state index contributed by atoms with van der Waals surface area (Å²) in [5.41, 5.74) is 8.29. The molecule has 2 aromatic heterocycles. The number of anilines is 2. The zero-order chi connectivity index (χ0) is 42.3. The number of rotatable bonds is 22. The number of hydrogen-bond donors (Lipinski definition) is 4. The molecular weight excluding hydrogens is 757 g/mol. The summed E-state index contributed by atoms with van der Waals surface area (Å²) in [5, 5.41) is 16.4. The van der Waals surface area contributed by atoms with E-state index >= 15 is 0 Å². The fourth-order valence-corrected chi connectivity index (χ4v) is 8.95. The Balaban J connectivity index is 0.964. The van der Waals surface area contributed by atoms with Crippen LogP contribution < -0.4 is 26.2 Å². The van der Waals surface area contributed by atoms with Gasteiger partial charge < -0.3 is 36.0 Å². The number of piperazine rings is 1. The van der Waals surface area contributed by atoms with Crippen molar-refractivity contribution in [3.63, 3.8) is 0 Å². The molecule has 6 rings (SSSR count). The molecule has 1 aromatic carbocycles. The van der Waals surface area contributed by atoms with Gasteiger partial charge in [-0.2, -0.15) is 5.10 Å². The molecule has 14 nitrogen and oxygen atoms in total. The van der Waals surface area contributed by atoms with Crippen LogP contribution in [0, 0.1) is 19.8 Å². The Labute approximate surface area is 356 Å². The quantitative estimate of drug-likeness (QED) is 0.0837. The Morgan fingerprint density at radius 2 is 1.70 bits per heavy atom. The van der Waals surface area contributed by atoms with Gasteiger partial charge in [0, 0.05) is 88.8 Å². The van der Waals surface area contributed by atoms with Crippen molar-refractivity contribution in [2.75, 3.05) is 82.2 Å². The second-order valence-electron chi connectivity index (χ2n) is 17.0. The summed E-state index contributed by atoms with van der Waals surface area (Å²) in [4.78, 5) is 59.4. The predicted molar refractivity (Wildman–Crippen MR) is 237 cm³/mol. The maximum atomic E-state index is 13.2. The molecule has 60 heavy (non-hydrogen) atoms. The van der Waals surface area contributed by atoms with Crippen LogP contribution in [0.4, 0.5) is 11.5 Å². The van der Waals surface area contributed by atoms with Crippen LogP contribution in [0.5, 0.6) is 0 Å². The van der Waals surface area contributed by atoms with Crippen molar-refractivity contribution in [3.8, 4) is 5.69 Å². The lowest BCUT2D eigenvalue weighted by atomic mass is 9.94. The highest BCUT2D eigenvalue weighted by Gasteiger charge is 2.27. The summed E-state index contributed by atoms with van der Waals surface area (Å²) in [5.74, 6) is 2.04. The van der Waals surface area contributed by atoms with Crippen LogP contribution in [-0.4, -0.2) is 121 Å². The summed E-state index contributed by atoms with van der Waals surface area (Å²) >= 11 is 0. The van der Waals surface area contributed by atoms with Crippen molar-refractivity contribution in [2.24, 2.45) is 5.92 Å². The van der Waals surface area contributed by atoms with Gasteiger partial charge in [0.2, 0.25) is 24.1 Å². The second-order valence-corrected chi connectivity index (χ2v) is 17.0. The highest BCUT2D eigenvalue weighted by molar-refractivity contribution is 5.80. The standard InChI is InChI=1S/C46H68N10O4/c1-4-37(32-53-21-17-36(31-53)13-15-40-16-14-38-10-9-20-50-46(38)51-40)39-27-41(29-42(28-39)56-35(3)26-34(2)52-56)54-22-24-55(25-23-54)45(60)12-8-11-43(58)48-18-6-5-7-19-49-44(59)30-47-33-57/h14,16,26-29,33,36-37H,4-13,15,17-25,30-32H2,1-3H3,(H,47,57)(H,48,58)(H,49,59)(H,50,51). The number of carbonyl (C=O) groups excluding carboxylic acids is 4. The molecule has 0 aliphatic carbocycles. The number of likely N-dealkylation sites (tertiary alicyclic amines) is 1. The van der Waals surface area contributed by atoms with E-state index in [1.54, 1.807) is 0 Å². The summed E-state index contributed by atoms with van der Waals surface area (Å²) in [6.45, 7) is 14.7. The Kier molecular flexibility index (Phi) is 16.8. The fourth-order valence-electron chi connectivity index (χ4n) is 8.95. The Hall–Kier alpha value is -4.98. The first-order chi connectivity index (χ1) is 29.2. The molecule has 3 aliphatic rings. The number of aryl methyl sites for hydroxylation is 4. The van der Waals surface area contributed by atoms with E-state index in [9.17, 15) is 19.2 Å². The van der Waals surface area contributed by atoms with Gasteiger partial charge in [-0.05, 0) is 138 Å². The average molecular weight is 825 g/mol. The molecule has 0 spiro atoms. The molecule has 0 radical (unpaired) electrons. The first-order valence-electron chi connectivity index (χ1n) is 22.6. The van der Waals surface area contributed by atoms with Gasteiger partial charge in [-0.3, -0.25) is 19.2 Å². The van der Waals surface area contributed by atoms with Crippen molar-refractivity contribution < 1.29 is 19.2 Å². The van der Waals surface area contributed by atoms with E-state index in [1.165, 1.54) is 41.8 Å². The smallest absolute Gasteiger partial charge is 0.239 e. The Morgan fingerprint density at radius 3 is 2.45 bits per heavy atom. The second kappa shape index (κ2) is 22.6. The van der Waals surface area contributed by atoms with E-state index in [2.05, 4.69) is 86.0 Å². The van der Waals surface area contributed by atoms with Crippen LogP contribution in [-0.2, 0) is 32.0 Å². The van der Waals surface area contributed by atoms with Gasteiger partial charge in [-0.15, -0.1) is 0 Å². The largest absolute Gasteiger partial charge is 0.370 e. The maximum Gasteiger partial charge on any atom is 0.239 e. The topological polar surface area (TPSA) is 157 Å². The molecule has 2 atom stereocenters. The van der Waals surface area contributed by atoms with E-state index in [-0.39, 0.29) is 24.3 Å². The van der Waals surface area contributed by atoms with E-state index in [1.807, 2.05) is 11.8 Å². The third-order valence-corrected chi connectivity index (χ3v) is 12.4. The zero-order valence-corrected chi connectivity index (χ0v) is 36.3. The molecule has 2 unspecified atom stereocenters. The minimum atomic E-state index is -0.215. The molecular formula is C46H68N10O4. The van der Waals surface area contributed by atoms with E-state index < -0.39 is 0 Å². The molecule has 5 heterocycles. The number of aromatic nitrogens is 3. The fraction of sp³-hybridized carbons (Fsp3) is 0.609. The van der Waals surface area contributed by atoms with Gasteiger partial charge in [0.1, 0.15) is 5.82 Å². The van der Waals surface area contributed by atoms with Crippen molar-refractivity contribution in [1.82, 2.24) is 40.5 Å². The number of nitrogens with one attached hydrogen (secondary N) is 4. The van der Waals surface area contributed by atoms with Crippen molar-refractivity contribution >= 4 is 35.6 Å². The van der Waals surface area contributed by atoms with Gasteiger partial charge in [0.05, 0.1) is 17.9 Å². The van der Waals surface area contributed by atoms with Crippen molar-refractivity contribution in [3.05, 3.63) is 64.6 Å². The van der Waals surface area contributed by atoms with Gasteiger partial charge >= 0.3 is 0 Å². The molecule has 4 N–H and O–H groups in total. The van der Waals surface area contributed by atoms with Crippen molar-refractivity contribution in [1.29, 1.82) is 0 Å². The van der Waals surface area contributed by atoms with Gasteiger partial charge in [0.15, 0.2) is 0 Å². The molecule has 2 saturated heterocycles. The number of carbonyl (C=O) groups is 4. The number of fused-ring (bicyclic) bond motifs is 1. The number of nitrogens with zero attached hydrogens (tertiary/aromatic N) is 6. The molecule has 0 bridgehead atoms. The number of hydrogen-bond acceptors (Lipinski definition) is 9.